The highest BCUT2D eigenvalue weighted by Crippen LogP contribution is 2.34. The lowest BCUT2D eigenvalue weighted by molar-refractivity contribution is -0.304. The number of carbonyl (C=O) groups is 5. The van der Waals surface area contributed by atoms with E-state index in [9.17, 15) is 24.0 Å². The molecule has 0 radical (unpaired) electrons. The fourth-order valence-electron chi connectivity index (χ4n) is 3.27. The van der Waals surface area contributed by atoms with Crippen LogP contribution >= 0.6 is 11.8 Å². The lowest BCUT2D eigenvalue weighted by Crippen LogP contribution is -2.56. The van der Waals surface area contributed by atoms with Gasteiger partial charge in [-0.15, -0.1) is 0 Å². The summed E-state index contributed by atoms with van der Waals surface area (Å²) in [5.41, 5.74) is -1.32. The maximum Gasteiger partial charge on any atom is 0.330 e. The smallest absolute Gasteiger partial charge is 0.330 e. The van der Waals surface area contributed by atoms with Gasteiger partial charge in [-0.05, 0) is 41.0 Å². The molecule has 1 rings (SSSR count). The van der Waals surface area contributed by atoms with E-state index in [2.05, 4.69) is 16.0 Å². The van der Waals surface area contributed by atoms with Crippen LogP contribution in [0.2, 0.25) is 0 Å². The van der Waals surface area contributed by atoms with Crippen molar-refractivity contribution in [1.29, 1.82) is 0 Å². The van der Waals surface area contributed by atoms with Gasteiger partial charge in [0.2, 0.25) is 17.7 Å². The van der Waals surface area contributed by atoms with Crippen molar-refractivity contribution < 1.29 is 38.2 Å². The van der Waals surface area contributed by atoms with E-state index in [0.29, 0.717) is 19.6 Å². The first-order valence-electron chi connectivity index (χ1n) is 12.4. The Hall–Kier alpha value is -2.18. The van der Waals surface area contributed by atoms with Crippen LogP contribution in [-0.4, -0.2) is 77.8 Å². The molecule has 1 aliphatic heterocycles. The van der Waals surface area contributed by atoms with Crippen molar-refractivity contribution in [3.8, 4) is 0 Å². The number of hydrogen-bond donors (Lipinski definition) is 3. The van der Waals surface area contributed by atoms with Crippen molar-refractivity contribution in [3.05, 3.63) is 0 Å². The van der Waals surface area contributed by atoms with Gasteiger partial charge in [0.25, 0.3) is 0 Å². The number of ether oxygens (including phenoxy) is 3. The summed E-state index contributed by atoms with van der Waals surface area (Å²) >= 11 is 0.921. The lowest BCUT2D eigenvalue weighted by Gasteiger charge is -2.44. The third kappa shape index (κ3) is 13.3. The Morgan fingerprint density at radius 1 is 1.03 bits per heavy atom. The van der Waals surface area contributed by atoms with Gasteiger partial charge in [-0.2, -0.15) is 0 Å². The van der Waals surface area contributed by atoms with Crippen molar-refractivity contribution in [3.63, 3.8) is 0 Å². The highest BCUT2D eigenvalue weighted by atomic mass is 32.2. The Kier molecular flexibility index (Phi) is 12.5. The van der Waals surface area contributed by atoms with E-state index < -0.39 is 40.8 Å². The van der Waals surface area contributed by atoms with Crippen LogP contribution in [0, 0.1) is 5.41 Å². The molecule has 0 bridgehead atoms. The van der Waals surface area contributed by atoms with E-state index in [1.54, 1.807) is 34.6 Å². The van der Waals surface area contributed by atoms with Gasteiger partial charge in [-0.3, -0.25) is 19.2 Å². The van der Waals surface area contributed by atoms with E-state index in [1.807, 2.05) is 13.8 Å². The van der Waals surface area contributed by atoms with E-state index >= 15 is 0 Å². The molecule has 0 spiro atoms. The van der Waals surface area contributed by atoms with E-state index in [-0.39, 0.29) is 42.1 Å². The van der Waals surface area contributed by atoms with Crippen molar-refractivity contribution in [1.82, 2.24) is 16.0 Å². The molecule has 37 heavy (non-hydrogen) atoms. The van der Waals surface area contributed by atoms with Crippen LogP contribution in [0.5, 0.6) is 0 Å². The molecule has 0 aromatic heterocycles. The monoisotopic (exact) mass is 545 g/mol. The molecule has 1 fully saturated rings. The summed E-state index contributed by atoms with van der Waals surface area (Å²) in [6, 6.07) is -1.04. The van der Waals surface area contributed by atoms with E-state index in [1.165, 1.54) is 6.92 Å². The molecule has 1 heterocycles. The number of hydrogen-bond acceptors (Lipinski definition) is 9. The van der Waals surface area contributed by atoms with Crippen molar-refractivity contribution >= 4 is 40.6 Å². The van der Waals surface area contributed by atoms with Gasteiger partial charge in [0.05, 0.1) is 6.61 Å². The predicted octanol–water partition coefficient (Wildman–Crippen LogP) is 1.67. The van der Waals surface area contributed by atoms with Crippen LogP contribution in [-0.2, 0) is 38.2 Å². The van der Waals surface area contributed by atoms with Crippen molar-refractivity contribution in [2.45, 2.75) is 98.2 Å². The lowest BCUT2D eigenvalue weighted by atomic mass is 9.85. The van der Waals surface area contributed by atoms with Crippen LogP contribution < -0.4 is 16.0 Å². The van der Waals surface area contributed by atoms with Gasteiger partial charge in [-0.25, -0.2) is 4.79 Å². The topological polar surface area (TPSA) is 149 Å². The number of rotatable bonds is 12. The SMILES string of the molecule is CC(=O)NCCCC(=O)SC[C@H](NC(=O)CCNC(=O)[C@@H]1OC(C)(C)OCC1(C)C)C(=O)OC(C)(C)C. The fraction of sp³-hybridized carbons (Fsp3) is 0.800. The van der Waals surface area contributed by atoms with E-state index in [4.69, 9.17) is 14.2 Å². The molecule has 11 nitrogen and oxygen atoms in total. The molecule has 0 aliphatic carbocycles. The van der Waals surface area contributed by atoms with Crippen LogP contribution in [0.15, 0.2) is 0 Å². The zero-order chi connectivity index (χ0) is 28.4. The Morgan fingerprint density at radius 2 is 1.68 bits per heavy atom. The van der Waals surface area contributed by atoms with Crippen LogP contribution in [0.4, 0.5) is 0 Å². The number of nitrogens with one attached hydrogen (secondary N) is 3. The molecule has 2 atom stereocenters. The van der Waals surface area contributed by atoms with Gasteiger partial charge in [-0.1, -0.05) is 25.6 Å². The maximum atomic E-state index is 12.7. The number of thioether (sulfide) groups is 1. The van der Waals surface area contributed by atoms with Crippen molar-refractivity contribution in [2.24, 2.45) is 5.41 Å². The summed E-state index contributed by atoms with van der Waals surface area (Å²) in [6.45, 7) is 14.5. The Labute approximate surface area is 223 Å². The number of amides is 3. The molecule has 0 saturated carbocycles. The highest BCUT2D eigenvalue weighted by molar-refractivity contribution is 8.13. The van der Waals surface area contributed by atoms with Crippen LogP contribution in [0.1, 0.15) is 74.7 Å². The molecule has 12 heteroatoms. The summed E-state index contributed by atoms with van der Waals surface area (Å²) in [4.78, 5) is 61.1. The first kappa shape index (κ1) is 32.8. The summed E-state index contributed by atoms with van der Waals surface area (Å²) in [5.74, 6) is -2.53. The minimum Gasteiger partial charge on any atom is -0.458 e. The summed E-state index contributed by atoms with van der Waals surface area (Å²) in [7, 11) is 0. The largest absolute Gasteiger partial charge is 0.458 e. The van der Waals surface area contributed by atoms with E-state index in [0.717, 1.165) is 11.8 Å². The van der Waals surface area contributed by atoms with Crippen LogP contribution in [0.3, 0.4) is 0 Å². The third-order valence-electron chi connectivity index (χ3n) is 5.16. The van der Waals surface area contributed by atoms with Crippen molar-refractivity contribution in [2.75, 3.05) is 25.4 Å². The summed E-state index contributed by atoms with van der Waals surface area (Å²) < 4.78 is 16.8. The van der Waals surface area contributed by atoms with Gasteiger partial charge in [0, 0.05) is 44.0 Å². The molecule has 0 unspecified atom stereocenters. The zero-order valence-corrected chi connectivity index (χ0v) is 24.1. The number of esters is 1. The Bertz CT molecular complexity index is 838. The average Bonchev–Trinajstić information content (AvgIpc) is 2.74. The molecule has 1 aliphatic rings. The number of carbonyl (C=O) groups excluding carboxylic acids is 5. The first-order chi connectivity index (χ1) is 16.9. The summed E-state index contributed by atoms with van der Waals surface area (Å²) in [6.07, 6.45) is -0.137. The molecule has 1 saturated heterocycles. The summed E-state index contributed by atoms with van der Waals surface area (Å²) in [5, 5.41) is 7.78. The fourth-order valence-corrected chi connectivity index (χ4v) is 4.13. The second-order valence-corrected chi connectivity index (χ2v) is 12.2. The molecular formula is C25H43N3O8S. The quantitative estimate of drug-likeness (QED) is 0.246. The Morgan fingerprint density at radius 3 is 2.27 bits per heavy atom. The predicted molar refractivity (Wildman–Crippen MR) is 139 cm³/mol. The molecular weight excluding hydrogens is 502 g/mol. The Balaban J connectivity index is 2.62. The first-order valence-corrected chi connectivity index (χ1v) is 13.4. The standard InChI is InChI=1S/C25H43N3O8S/c1-16(29)26-12-9-10-19(31)37-14-17(22(33)36-23(2,3)4)28-18(30)11-13-27-21(32)20-24(5,6)15-34-25(7,8)35-20/h17,20H,9-15H2,1-8H3,(H,26,29)(H,27,32)(H,28,30)/t17-,20-/m0/s1. The molecule has 0 aromatic rings. The zero-order valence-electron chi connectivity index (χ0n) is 23.3. The van der Waals surface area contributed by atoms with Gasteiger partial charge in [0.15, 0.2) is 10.9 Å². The second kappa shape index (κ2) is 14.1. The van der Waals surface area contributed by atoms with Gasteiger partial charge in [0.1, 0.15) is 17.7 Å². The minimum atomic E-state index is -1.04. The molecule has 212 valence electrons. The van der Waals surface area contributed by atoms with Gasteiger partial charge < -0.3 is 30.2 Å². The molecule has 0 aromatic carbocycles. The molecule has 3 amide bonds. The average molecular weight is 546 g/mol. The third-order valence-corrected chi connectivity index (χ3v) is 6.19. The molecule has 3 N–H and O–H groups in total. The normalized spacial score (nSPS) is 19.3. The minimum absolute atomic E-state index is 0.00513. The van der Waals surface area contributed by atoms with Crippen LogP contribution in [0.25, 0.3) is 0 Å². The van der Waals surface area contributed by atoms with Gasteiger partial charge >= 0.3 is 5.97 Å². The maximum absolute atomic E-state index is 12.7. The second-order valence-electron chi connectivity index (χ2n) is 11.1. The highest BCUT2D eigenvalue weighted by Gasteiger charge is 2.45.